The van der Waals surface area contributed by atoms with Gasteiger partial charge in [0.05, 0.1) is 6.10 Å². The molecule has 1 aromatic heterocycles. The van der Waals surface area contributed by atoms with Crippen LogP contribution in [0, 0.1) is 5.92 Å². The van der Waals surface area contributed by atoms with E-state index in [2.05, 4.69) is 24.9 Å². The Hall–Kier alpha value is -0.890. The van der Waals surface area contributed by atoms with Gasteiger partial charge >= 0.3 is 0 Å². The molecular weight excluding hydrogens is 174 g/mol. The number of aryl methyl sites for hydroxylation is 1. The summed E-state index contributed by atoms with van der Waals surface area (Å²) in [5.41, 5.74) is 1.15. The maximum Gasteiger partial charge on any atom is 0.0598 e. The average molecular weight is 193 g/mol. The van der Waals surface area contributed by atoms with Crippen LogP contribution in [0.2, 0.25) is 0 Å². The lowest BCUT2D eigenvalue weighted by molar-refractivity contribution is 0.0582. The summed E-state index contributed by atoms with van der Waals surface area (Å²) >= 11 is 0. The molecule has 0 spiro atoms. The van der Waals surface area contributed by atoms with Crippen molar-refractivity contribution < 1.29 is 4.74 Å². The molecule has 0 saturated carbocycles. The molecule has 0 aliphatic heterocycles. The van der Waals surface area contributed by atoms with Crippen LogP contribution < -0.4 is 0 Å². The lowest BCUT2D eigenvalue weighted by Gasteiger charge is -2.18. The highest BCUT2D eigenvalue weighted by Gasteiger charge is 2.11. The molecule has 0 aromatic carbocycles. The van der Waals surface area contributed by atoms with E-state index in [0.717, 1.165) is 18.5 Å². The minimum absolute atomic E-state index is 0.344. The van der Waals surface area contributed by atoms with E-state index >= 15 is 0 Å². The van der Waals surface area contributed by atoms with Gasteiger partial charge in [0.1, 0.15) is 0 Å². The zero-order valence-corrected chi connectivity index (χ0v) is 9.23. The van der Waals surface area contributed by atoms with Crippen molar-refractivity contribution in [1.29, 1.82) is 0 Å². The van der Waals surface area contributed by atoms with E-state index in [1.54, 1.807) is 7.11 Å². The standard InChI is InChI=1S/C12H19NO/c1-10(2)12(14-3)8-7-11-6-4-5-9-13-11/h4-6,9-10,12H,7-8H2,1-3H3. The van der Waals surface area contributed by atoms with Crippen LogP contribution >= 0.6 is 0 Å². The predicted octanol–water partition coefficient (Wildman–Crippen LogP) is 2.69. The number of methoxy groups -OCH3 is 1. The molecule has 0 fully saturated rings. The number of ether oxygens (including phenoxy) is 1. The van der Waals surface area contributed by atoms with Crippen LogP contribution in [0.3, 0.4) is 0 Å². The van der Waals surface area contributed by atoms with Gasteiger partial charge in [0.2, 0.25) is 0 Å². The molecule has 78 valence electrons. The molecule has 2 nitrogen and oxygen atoms in total. The van der Waals surface area contributed by atoms with Gasteiger partial charge < -0.3 is 4.74 Å². The van der Waals surface area contributed by atoms with Crippen molar-refractivity contribution in [3.05, 3.63) is 30.1 Å². The zero-order valence-electron chi connectivity index (χ0n) is 9.23. The van der Waals surface area contributed by atoms with Crippen molar-refractivity contribution >= 4 is 0 Å². The Morgan fingerprint density at radius 2 is 2.14 bits per heavy atom. The molecule has 0 aliphatic carbocycles. The van der Waals surface area contributed by atoms with Crippen molar-refractivity contribution in [3.8, 4) is 0 Å². The molecule has 1 unspecified atom stereocenters. The third-order valence-electron chi connectivity index (χ3n) is 2.46. The summed E-state index contributed by atoms with van der Waals surface area (Å²) in [6.45, 7) is 4.37. The highest BCUT2D eigenvalue weighted by atomic mass is 16.5. The van der Waals surface area contributed by atoms with Gasteiger partial charge in [-0.05, 0) is 30.9 Å². The molecule has 1 heterocycles. The Kier molecular flexibility index (Phi) is 4.60. The van der Waals surface area contributed by atoms with Crippen LogP contribution in [0.25, 0.3) is 0 Å². The summed E-state index contributed by atoms with van der Waals surface area (Å²) in [7, 11) is 1.78. The second-order valence-electron chi connectivity index (χ2n) is 3.88. The van der Waals surface area contributed by atoms with Crippen LogP contribution in [0.4, 0.5) is 0 Å². The number of hydrogen-bond donors (Lipinski definition) is 0. The quantitative estimate of drug-likeness (QED) is 0.717. The van der Waals surface area contributed by atoms with Gasteiger partial charge in [-0.3, -0.25) is 4.98 Å². The normalized spacial score (nSPS) is 13.1. The van der Waals surface area contributed by atoms with Gasteiger partial charge in [-0.1, -0.05) is 19.9 Å². The monoisotopic (exact) mass is 193 g/mol. The number of hydrogen-bond acceptors (Lipinski definition) is 2. The summed E-state index contributed by atoms with van der Waals surface area (Å²) in [5, 5.41) is 0. The molecule has 0 amide bonds. The lowest BCUT2D eigenvalue weighted by atomic mass is 10.0. The van der Waals surface area contributed by atoms with E-state index in [4.69, 9.17) is 4.74 Å². The second-order valence-corrected chi connectivity index (χ2v) is 3.88. The highest BCUT2D eigenvalue weighted by Crippen LogP contribution is 2.12. The fraction of sp³-hybridized carbons (Fsp3) is 0.583. The third kappa shape index (κ3) is 3.46. The first-order valence-corrected chi connectivity index (χ1v) is 5.16. The second kappa shape index (κ2) is 5.76. The molecule has 0 N–H and O–H groups in total. The maximum absolute atomic E-state index is 5.41. The van der Waals surface area contributed by atoms with E-state index in [1.165, 1.54) is 0 Å². The van der Waals surface area contributed by atoms with Crippen molar-refractivity contribution in [3.63, 3.8) is 0 Å². The fourth-order valence-corrected chi connectivity index (χ4v) is 1.56. The van der Waals surface area contributed by atoms with E-state index in [9.17, 15) is 0 Å². The van der Waals surface area contributed by atoms with Crippen LogP contribution in [0.1, 0.15) is 26.0 Å². The minimum atomic E-state index is 0.344. The van der Waals surface area contributed by atoms with Crippen LogP contribution in [-0.4, -0.2) is 18.2 Å². The lowest BCUT2D eigenvalue weighted by Crippen LogP contribution is -2.18. The Bertz CT molecular complexity index is 246. The van der Waals surface area contributed by atoms with Gasteiger partial charge in [0.25, 0.3) is 0 Å². The first-order valence-electron chi connectivity index (χ1n) is 5.16. The molecule has 14 heavy (non-hydrogen) atoms. The van der Waals surface area contributed by atoms with Gasteiger partial charge in [0, 0.05) is 19.0 Å². The van der Waals surface area contributed by atoms with E-state index in [-0.39, 0.29) is 0 Å². The van der Waals surface area contributed by atoms with E-state index in [0.29, 0.717) is 12.0 Å². The van der Waals surface area contributed by atoms with E-state index < -0.39 is 0 Å². The first kappa shape index (κ1) is 11.2. The van der Waals surface area contributed by atoms with Crippen LogP contribution in [0.5, 0.6) is 0 Å². The predicted molar refractivity (Wildman–Crippen MR) is 58.2 cm³/mol. The summed E-state index contributed by atoms with van der Waals surface area (Å²) in [6, 6.07) is 6.03. The van der Waals surface area contributed by atoms with Crippen LogP contribution in [0.15, 0.2) is 24.4 Å². The highest BCUT2D eigenvalue weighted by molar-refractivity contribution is 5.03. The summed E-state index contributed by atoms with van der Waals surface area (Å²) in [5.74, 6) is 0.573. The van der Waals surface area contributed by atoms with Crippen molar-refractivity contribution in [2.24, 2.45) is 5.92 Å². The number of nitrogens with zero attached hydrogens (tertiary/aromatic N) is 1. The fourth-order valence-electron chi connectivity index (χ4n) is 1.56. The van der Waals surface area contributed by atoms with Crippen molar-refractivity contribution in [2.45, 2.75) is 32.8 Å². The number of aromatic nitrogens is 1. The van der Waals surface area contributed by atoms with Crippen LogP contribution in [-0.2, 0) is 11.2 Å². The SMILES string of the molecule is COC(CCc1ccccn1)C(C)C. The Labute approximate surface area is 86.3 Å². The molecule has 2 heteroatoms. The molecule has 0 aliphatic rings. The maximum atomic E-state index is 5.41. The summed E-state index contributed by atoms with van der Waals surface area (Å²) < 4.78 is 5.41. The average Bonchev–Trinajstić information content (AvgIpc) is 2.20. The largest absolute Gasteiger partial charge is 0.381 e. The smallest absolute Gasteiger partial charge is 0.0598 e. The Morgan fingerprint density at radius 3 is 2.64 bits per heavy atom. The number of rotatable bonds is 5. The van der Waals surface area contributed by atoms with Crippen molar-refractivity contribution in [1.82, 2.24) is 4.98 Å². The first-order chi connectivity index (χ1) is 6.74. The zero-order chi connectivity index (χ0) is 10.4. The Balaban J connectivity index is 2.40. The molecular formula is C12H19NO. The summed E-state index contributed by atoms with van der Waals surface area (Å²) in [4.78, 5) is 4.29. The molecule has 1 aromatic rings. The molecule has 1 atom stereocenters. The summed E-state index contributed by atoms with van der Waals surface area (Å²) in [6.07, 6.45) is 4.23. The van der Waals surface area contributed by atoms with Crippen molar-refractivity contribution in [2.75, 3.05) is 7.11 Å². The number of pyridine rings is 1. The third-order valence-corrected chi connectivity index (χ3v) is 2.46. The molecule has 0 radical (unpaired) electrons. The van der Waals surface area contributed by atoms with Gasteiger partial charge in [-0.2, -0.15) is 0 Å². The molecule has 0 bridgehead atoms. The van der Waals surface area contributed by atoms with Gasteiger partial charge in [-0.25, -0.2) is 0 Å². The van der Waals surface area contributed by atoms with E-state index in [1.807, 2.05) is 18.3 Å². The van der Waals surface area contributed by atoms with Gasteiger partial charge in [0.15, 0.2) is 0 Å². The minimum Gasteiger partial charge on any atom is -0.381 e. The molecule has 1 rings (SSSR count). The molecule has 0 saturated heterocycles. The Morgan fingerprint density at radius 1 is 1.36 bits per heavy atom. The topological polar surface area (TPSA) is 22.1 Å². The van der Waals surface area contributed by atoms with Gasteiger partial charge in [-0.15, -0.1) is 0 Å².